The summed E-state index contributed by atoms with van der Waals surface area (Å²) in [7, 11) is 0. The molecule has 34 heavy (non-hydrogen) atoms. The Balaban J connectivity index is 1.76. The van der Waals surface area contributed by atoms with Gasteiger partial charge in [0.25, 0.3) is 0 Å². The molecule has 0 saturated carbocycles. The van der Waals surface area contributed by atoms with Crippen LogP contribution in [0, 0.1) is 0 Å². The number of alkyl halides is 3. The Morgan fingerprint density at radius 1 is 1.03 bits per heavy atom. The van der Waals surface area contributed by atoms with E-state index in [-0.39, 0.29) is 10.6 Å². The fourth-order valence-corrected chi connectivity index (χ4v) is 3.93. The molecule has 0 spiro atoms. The van der Waals surface area contributed by atoms with Crippen molar-refractivity contribution in [1.82, 2.24) is 0 Å². The number of aliphatic carboxylic acids is 1. The average molecular weight is 491 g/mol. The first-order valence-corrected chi connectivity index (χ1v) is 10.9. The highest BCUT2D eigenvalue weighted by Crippen LogP contribution is 2.41. The van der Waals surface area contributed by atoms with Crippen LogP contribution in [0.4, 0.5) is 18.9 Å². The molecule has 3 rings (SSSR count). The molecule has 1 atom stereocenters. The number of ether oxygens (including phenoxy) is 1. The number of benzene rings is 3. The topological polar surface area (TPSA) is 102 Å². The molecular formula is C24H21F3N2O4S. The molecule has 178 valence electrons. The molecule has 10 heteroatoms. The van der Waals surface area contributed by atoms with Crippen molar-refractivity contribution in [2.24, 2.45) is 5.73 Å². The van der Waals surface area contributed by atoms with Gasteiger partial charge in [-0.15, -0.1) is 0 Å². The van der Waals surface area contributed by atoms with Crippen molar-refractivity contribution in [3.63, 3.8) is 0 Å². The smallest absolute Gasteiger partial charge is 0.417 e. The maximum absolute atomic E-state index is 13.7. The molecule has 3 aromatic carbocycles. The van der Waals surface area contributed by atoms with Gasteiger partial charge in [-0.25, -0.2) is 0 Å². The van der Waals surface area contributed by atoms with Crippen LogP contribution in [0.15, 0.2) is 82.6 Å². The minimum Gasteiger partial charge on any atom is -0.489 e. The third-order valence-corrected chi connectivity index (χ3v) is 5.63. The zero-order valence-electron chi connectivity index (χ0n) is 17.7. The van der Waals surface area contributed by atoms with Crippen LogP contribution in [0.5, 0.6) is 5.75 Å². The number of carbonyl (C=O) groups excluding carboxylic acids is 1. The fourth-order valence-electron chi connectivity index (χ4n) is 2.93. The molecular weight excluding hydrogens is 469 g/mol. The number of hydrogen-bond donors (Lipinski definition) is 3. The number of hydrogen-bond acceptors (Lipinski definition) is 5. The van der Waals surface area contributed by atoms with Gasteiger partial charge in [-0.05, 0) is 42.0 Å². The van der Waals surface area contributed by atoms with E-state index < -0.39 is 36.1 Å². The Morgan fingerprint density at radius 2 is 1.76 bits per heavy atom. The van der Waals surface area contributed by atoms with E-state index in [1.165, 1.54) is 12.1 Å². The Hall–Kier alpha value is -3.50. The van der Waals surface area contributed by atoms with E-state index in [2.05, 4.69) is 5.32 Å². The number of halogens is 3. The van der Waals surface area contributed by atoms with Crippen LogP contribution < -0.4 is 15.8 Å². The standard InChI is InChI=1S/C24H21F3N2O4S/c25-24(26,27)19-11-16(29-23(32)20(28)13-22(30)31)9-10-21(19)34-18-8-4-7-17(12-18)33-14-15-5-2-1-3-6-15/h1-12,20H,13-14,28H2,(H,29,32)(H,30,31). The van der Waals surface area contributed by atoms with Crippen molar-refractivity contribution in [3.8, 4) is 5.75 Å². The summed E-state index contributed by atoms with van der Waals surface area (Å²) in [6, 6.07) is 18.1. The second-order valence-corrected chi connectivity index (χ2v) is 8.37. The molecule has 6 nitrogen and oxygen atoms in total. The summed E-state index contributed by atoms with van der Waals surface area (Å²) < 4.78 is 46.9. The van der Waals surface area contributed by atoms with Crippen LogP contribution in [0.2, 0.25) is 0 Å². The Bertz CT molecular complexity index is 1160. The highest BCUT2D eigenvalue weighted by molar-refractivity contribution is 7.99. The third kappa shape index (κ3) is 7.26. The average Bonchev–Trinajstić information content (AvgIpc) is 2.78. The largest absolute Gasteiger partial charge is 0.489 e. The number of rotatable bonds is 9. The SMILES string of the molecule is NC(CC(=O)O)C(=O)Nc1ccc(Sc2cccc(OCc3ccccc3)c2)c(C(F)(F)F)c1. The summed E-state index contributed by atoms with van der Waals surface area (Å²) in [6.07, 6.45) is -5.33. The second kappa shape index (κ2) is 11.1. The van der Waals surface area contributed by atoms with E-state index in [0.717, 1.165) is 23.4 Å². The minimum absolute atomic E-state index is 0.0689. The molecule has 0 aliphatic carbocycles. The lowest BCUT2D eigenvalue weighted by atomic mass is 10.1. The molecule has 0 heterocycles. The molecule has 1 amide bonds. The van der Waals surface area contributed by atoms with Crippen LogP contribution in [0.1, 0.15) is 17.5 Å². The van der Waals surface area contributed by atoms with Crippen molar-refractivity contribution in [2.75, 3.05) is 5.32 Å². The highest BCUT2D eigenvalue weighted by Gasteiger charge is 2.34. The number of anilines is 1. The zero-order valence-corrected chi connectivity index (χ0v) is 18.5. The molecule has 4 N–H and O–H groups in total. The van der Waals surface area contributed by atoms with Crippen molar-refractivity contribution < 1.29 is 32.6 Å². The van der Waals surface area contributed by atoms with Gasteiger partial charge >= 0.3 is 12.1 Å². The van der Waals surface area contributed by atoms with Crippen LogP contribution in [-0.2, 0) is 22.4 Å². The highest BCUT2D eigenvalue weighted by atomic mass is 32.2. The minimum atomic E-state index is -4.69. The lowest BCUT2D eigenvalue weighted by molar-refractivity contribution is -0.140. The predicted molar refractivity (Wildman–Crippen MR) is 122 cm³/mol. The quantitative estimate of drug-likeness (QED) is 0.382. The van der Waals surface area contributed by atoms with Crippen LogP contribution >= 0.6 is 11.8 Å². The molecule has 0 saturated heterocycles. The molecule has 0 aliphatic heterocycles. The van der Waals surface area contributed by atoms with Gasteiger partial charge in [0.2, 0.25) is 5.91 Å². The normalized spacial score (nSPS) is 12.1. The monoisotopic (exact) mass is 490 g/mol. The van der Waals surface area contributed by atoms with Gasteiger partial charge in [0.15, 0.2) is 0 Å². The zero-order chi connectivity index (χ0) is 24.7. The van der Waals surface area contributed by atoms with E-state index in [9.17, 15) is 22.8 Å². The van der Waals surface area contributed by atoms with Crippen molar-refractivity contribution in [2.45, 2.75) is 35.0 Å². The lowest BCUT2D eigenvalue weighted by Crippen LogP contribution is -2.37. The molecule has 0 aliphatic rings. The first-order chi connectivity index (χ1) is 16.1. The molecule has 0 fully saturated rings. The van der Waals surface area contributed by atoms with Gasteiger partial charge in [-0.2, -0.15) is 13.2 Å². The number of nitrogens with one attached hydrogen (secondary N) is 1. The van der Waals surface area contributed by atoms with Gasteiger partial charge in [-0.3, -0.25) is 9.59 Å². The van der Waals surface area contributed by atoms with Gasteiger partial charge in [-0.1, -0.05) is 48.2 Å². The van der Waals surface area contributed by atoms with Crippen molar-refractivity contribution >= 4 is 29.3 Å². The maximum Gasteiger partial charge on any atom is 0.417 e. The molecule has 1 unspecified atom stereocenters. The first-order valence-electron chi connectivity index (χ1n) is 10.1. The van der Waals surface area contributed by atoms with Crippen LogP contribution in [0.3, 0.4) is 0 Å². The maximum atomic E-state index is 13.7. The first kappa shape index (κ1) is 25.1. The number of carboxylic acid groups (broad SMARTS) is 1. The summed E-state index contributed by atoms with van der Waals surface area (Å²) in [5.41, 5.74) is 5.34. The number of carboxylic acids is 1. The second-order valence-electron chi connectivity index (χ2n) is 7.25. The van der Waals surface area contributed by atoms with Crippen LogP contribution in [0.25, 0.3) is 0 Å². The predicted octanol–water partition coefficient (Wildman–Crippen LogP) is 5.18. The van der Waals surface area contributed by atoms with E-state index in [0.29, 0.717) is 17.3 Å². The van der Waals surface area contributed by atoms with Crippen LogP contribution in [-0.4, -0.2) is 23.0 Å². The Labute approximate surface area is 197 Å². The fraction of sp³-hybridized carbons (Fsp3) is 0.167. The number of carbonyl (C=O) groups is 2. The van der Waals surface area contributed by atoms with E-state index in [4.69, 9.17) is 15.6 Å². The Morgan fingerprint density at radius 3 is 2.44 bits per heavy atom. The molecule has 3 aromatic rings. The van der Waals surface area contributed by atoms with E-state index >= 15 is 0 Å². The van der Waals surface area contributed by atoms with Gasteiger partial charge in [0.05, 0.1) is 18.0 Å². The van der Waals surface area contributed by atoms with Gasteiger partial charge in [0.1, 0.15) is 12.4 Å². The van der Waals surface area contributed by atoms with Gasteiger partial charge < -0.3 is 20.9 Å². The molecule has 0 bridgehead atoms. The van der Waals surface area contributed by atoms with E-state index in [1.54, 1.807) is 24.3 Å². The summed E-state index contributed by atoms with van der Waals surface area (Å²) in [6.45, 7) is 0.321. The number of nitrogens with two attached hydrogens (primary N) is 1. The van der Waals surface area contributed by atoms with Crippen molar-refractivity contribution in [3.05, 3.63) is 83.9 Å². The van der Waals surface area contributed by atoms with Crippen molar-refractivity contribution in [1.29, 1.82) is 0 Å². The third-order valence-electron chi connectivity index (χ3n) is 4.57. The summed E-state index contributed by atoms with van der Waals surface area (Å²) >= 11 is 0.904. The van der Waals surface area contributed by atoms with Gasteiger partial charge in [0, 0.05) is 15.5 Å². The molecule has 0 radical (unpaired) electrons. The van der Waals surface area contributed by atoms with E-state index in [1.807, 2.05) is 30.3 Å². The Kier molecular flexibility index (Phi) is 8.19. The lowest BCUT2D eigenvalue weighted by Gasteiger charge is -2.16. The summed E-state index contributed by atoms with van der Waals surface area (Å²) in [5.74, 6) is -1.67. The molecule has 0 aromatic heterocycles. The summed E-state index contributed by atoms with van der Waals surface area (Å²) in [4.78, 5) is 23.1. The number of amides is 1. The summed E-state index contributed by atoms with van der Waals surface area (Å²) in [5, 5.41) is 11.0.